The number of hydrogen-bond donors (Lipinski definition) is 1. The van der Waals surface area contributed by atoms with Gasteiger partial charge in [-0.05, 0) is 48.9 Å². The molecule has 1 N–H and O–H groups in total. The summed E-state index contributed by atoms with van der Waals surface area (Å²) >= 11 is 0. The monoisotopic (exact) mass is 399 g/mol. The van der Waals surface area contributed by atoms with Gasteiger partial charge in [0.2, 0.25) is 0 Å². The van der Waals surface area contributed by atoms with E-state index in [1.807, 2.05) is 35.9 Å². The van der Waals surface area contributed by atoms with E-state index in [0.717, 1.165) is 34.6 Å². The van der Waals surface area contributed by atoms with Crippen LogP contribution in [0.4, 0.5) is 14.5 Å². The fraction of sp³-hybridized carbons (Fsp3) is 0.0500. The van der Waals surface area contributed by atoms with Crippen LogP contribution >= 0.6 is 0 Å². The lowest BCUT2D eigenvalue weighted by atomic mass is 10.1. The molecule has 0 spiro atoms. The third kappa shape index (κ3) is 3.59. The summed E-state index contributed by atoms with van der Waals surface area (Å²) in [6, 6.07) is 12.7. The van der Waals surface area contributed by atoms with Crippen LogP contribution in [-0.2, 0) is 10.0 Å². The Morgan fingerprint density at radius 1 is 0.964 bits per heavy atom. The summed E-state index contributed by atoms with van der Waals surface area (Å²) in [7, 11) is -4.11. The van der Waals surface area contributed by atoms with Gasteiger partial charge in [0.1, 0.15) is 17.3 Å². The topological polar surface area (TPSA) is 63.5 Å². The van der Waals surface area contributed by atoms with E-state index in [1.54, 1.807) is 24.3 Å². The number of sulfonamides is 1. The Morgan fingerprint density at radius 3 is 2.32 bits per heavy atom. The largest absolute Gasteiger partial charge is 0.306 e. The predicted molar refractivity (Wildman–Crippen MR) is 103 cm³/mol. The molecule has 0 saturated heterocycles. The normalized spacial score (nSPS) is 11.7. The van der Waals surface area contributed by atoms with Crippen molar-refractivity contribution in [1.29, 1.82) is 0 Å². The molecule has 0 unspecified atom stereocenters. The summed E-state index contributed by atoms with van der Waals surface area (Å²) in [6.07, 6.45) is 3.80. The first kappa shape index (κ1) is 18.1. The van der Waals surface area contributed by atoms with Gasteiger partial charge in [-0.25, -0.2) is 22.2 Å². The van der Waals surface area contributed by atoms with E-state index in [4.69, 9.17) is 0 Å². The molecule has 0 aliphatic carbocycles. The number of hydrogen-bond acceptors (Lipinski definition) is 3. The molecule has 0 radical (unpaired) electrons. The third-order valence-electron chi connectivity index (χ3n) is 4.19. The van der Waals surface area contributed by atoms with E-state index < -0.39 is 26.6 Å². The first-order chi connectivity index (χ1) is 13.3. The number of pyridine rings is 1. The van der Waals surface area contributed by atoms with Crippen LogP contribution in [0.5, 0.6) is 0 Å². The lowest BCUT2D eigenvalue weighted by molar-refractivity contribution is 0.568. The lowest BCUT2D eigenvalue weighted by Crippen LogP contribution is -2.13. The molecule has 0 aliphatic rings. The number of nitrogens with zero attached hydrogens (tertiary/aromatic N) is 2. The number of aryl methyl sites for hydroxylation is 1. The SMILES string of the molecule is Cc1ccn2cc(-c3ccc(NS(=O)(=O)c4cc(F)cc(F)c4)cc3)nc2c1. The highest BCUT2D eigenvalue weighted by Crippen LogP contribution is 2.23. The highest BCUT2D eigenvalue weighted by molar-refractivity contribution is 7.92. The van der Waals surface area contributed by atoms with Crippen molar-refractivity contribution in [3.05, 3.63) is 84.2 Å². The zero-order valence-corrected chi connectivity index (χ0v) is 15.5. The van der Waals surface area contributed by atoms with Crippen LogP contribution in [0.15, 0.2) is 71.9 Å². The van der Waals surface area contributed by atoms with Crippen LogP contribution in [0, 0.1) is 18.6 Å². The van der Waals surface area contributed by atoms with E-state index in [0.29, 0.717) is 6.07 Å². The first-order valence-electron chi connectivity index (χ1n) is 8.35. The number of fused-ring (bicyclic) bond motifs is 1. The average molecular weight is 399 g/mol. The summed E-state index contributed by atoms with van der Waals surface area (Å²) in [4.78, 5) is 4.07. The Balaban J connectivity index is 1.60. The molecule has 4 aromatic rings. The number of anilines is 1. The van der Waals surface area contributed by atoms with Crippen LogP contribution in [-0.4, -0.2) is 17.8 Å². The van der Waals surface area contributed by atoms with Crippen LogP contribution in [0.2, 0.25) is 0 Å². The number of aromatic nitrogens is 2. The number of benzene rings is 2. The van der Waals surface area contributed by atoms with Crippen molar-refractivity contribution in [2.24, 2.45) is 0 Å². The van der Waals surface area contributed by atoms with E-state index >= 15 is 0 Å². The Bertz CT molecular complexity index is 1260. The standard InChI is InChI=1S/C20H15F2N3O2S/c1-13-6-7-25-12-19(23-20(25)8-13)14-2-4-17(5-3-14)24-28(26,27)18-10-15(21)9-16(22)11-18/h2-12,24H,1H3. The van der Waals surface area contributed by atoms with E-state index in [1.165, 1.54) is 0 Å². The zero-order chi connectivity index (χ0) is 19.9. The van der Waals surface area contributed by atoms with Gasteiger partial charge >= 0.3 is 0 Å². The quantitative estimate of drug-likeness (QED) is 0.554. The maximum Gasteiger partial charge on any atom is 0.262 e. The summed E-state index contributed by atoms with van der Waals surface area (Å²) in [5, 5.41) is 0. The molecule has 142 valence electrons. The molecule has 0 aliphatic heterocycles. The van der Waals surface area contributed by atoms with Crippen molar-refractivity contribution in [2.45, 2.75) is 11.8 Å². The highest BCUT2D eigenvalue weighted by Gasteiger charge is 2.17. The van der Waals surface area contributed by atoms with Crippen LogP contribution < -0.4 is 4.72 Å². The molecular weight excluding hydrogens is 384 g/mol. The van der Waals surface area contributed by atoms with Crippen LogP contribution in [0.3, 0.4) is 0 Å². The molecule has 4 rings (SSSR count). The first-order valence-corrected chi connectivity index (χ1v) is 9.83. The Labute approximate surface area is 160 Å². The van der Waals surface area contributed by atoms with E-state index in [-0.39, 0.29) is 5.69 Å². The molecule has 2 heterocycles. The fourth-order valence-electron chi connectivity index (χ4n) is 2.83. The molecule has 0 bridgehead atoms. The van der Waals surface area contributed by atoms with Gasteiger partial charge in [-0.3, -0.25) is 4.72 Å². The maximum atomic E-state index is 13.3. The summed E-state index contributed by atoms with van der Waals surface area (Å²) < 4.78 is 55.5. The fourth-order valence-corrected chi connectivity index (χ4v) is 3.93. The second kappa shape index (κ2) is 6.72. The number of halogens is 2. The van der Waals surface area contributed by atoms with Crippen molar-refractivity contribution >= 4 is 21.4 Å². The van der Waals surface area contributed by atoms with Gasteiger partial charge in [-0.15, -0.1) is 0 Å². The van der Waals surface area contributed by atoms with Gasteiger partial charge in [0.25, 0.3) is 10.0 Å². The van der Waals surface area contributed by atoms with Gasteiger partial charge in [0.15, 0.2) is 0 Å². The minimum Gasteiger partial charge on any atom is -0.306 e. The van der Waals surface area contributed by atoms with E-state index in [9.17, 15) is 17.2 Å². The van der Waals surface area contributed by atoms with Crippen molar-refractivity contribution in [2.75, 3.05) is 4.72 Å². The Morgan fingerprint density at radius 2 is 1.64 bits per heavy atom. The van der Waals surface area contributed by atoms with Gasteiger partial charge in [0.05, 0.1) is 10.6 Å². The number of nitrogens with one attached hydrogen (secondary N) is 1. The number of rotatable bonds is 4. The molecule has 5 nitrogen and oxygen atoms in total. The summed E-state index contributed by atoms with van der Waals surface area (Å²) in [5.41, 5.74) is 3.73. The zero-order valence-electron chi connectivity index (χ0n) is 14.7. The lowest BCUT2D eigenvalue weighted by Gasteiger charge is -2.09. The Kier molecular flexibility index (Phi) is 4.35. The number of imidazole rings is 1. The van der Waals surface area contributed by atoms with Crippen LogP contribution in [0.25, 0.3) is 16.9 Å². The predicted octanol–water partition coefficient (Wildman–Crippen LogP) is 4.39. The minimum absolute atomic E-state index is 0.271. The molecule has 2 aromatic heterocycles. The molecule has 0 atom stereocenters. The Hall–Kier alpha value is -3.26. The van der Waals surface area contributed by atoms with Gasteiger partial charge < -0.3 is 4.40 Å². The van der Waals surface area contributed by atoms with Crippen molar-refractivity contribution in [3.8, 4) is 11.3 Å². The molecule has 0 fully saturated rings. The van der Waals surface area contributed by atoms with Crippen molar-refractivity contribution in [3.63, 3.8) is 0 Å². The highest BCUT2D eigenvalue weighted by atomic mass is 32.2. The molecule has 28 heavy (non-hydrogen) atoms. The smallest absolute Gasteiger partial charge is 0.262 e. The third-order valence-corrected chi connectivity index (χ3v) is 5.56. The second-order valence-electron chi connectivity index (χ2n) is 6.38. The van der Waals surface area contributed by atoms with Gasteiger partial charge in [-0.1, -0.05) is 12.1 Å². The molecular formula is C20H15F2N3O2S. The van der Waals surface area contributed by atoms with Crippen LogP contribution in [0.1, 0.15) is 5.56 Å². The maximum absolute atomic E-state index is 13.3. The molecule has 0 amide bonds. The molecule has 2 aromatic carbocycles. The summed E-state index contributed by atoms with van der Waals surface area (Å²) in [6.45, 7) is 1.99. The molecule has 8 heteroatoms. The minimum atomic E-state index is -4.11. The van der Waals surface area contributed by atoms with Gasteiger partial charge in [-0.2, -0.15) is 0 Å². The van der Waals surface area contributed by atoms with Gasteiger partial charge in [0, 0.05) is 29.7 Å². The van der Waals surface area contributed by atoms with Crippen molar-refractivity contribution < 1.29 is 17.2 Å². The van der Waals surface area contributed by atoms with E-state index in [2.05, 4.69) is 9.71 Å². The summed E-state index contributed by atoms with van der Waals surface area (Å²) in [5.74, 6) is -1.92. The second-order valence-corrected chi connectivity index (χ2v) is 8.07. The van der Waals surface area contributed by atoms with Crippen molar-refractivity contribution in [1.82, 2.24) is 9.38 Å². The molecule has 0 saturated carbocycles. The average Bonchev–Trinajstić information content (AvgIpc) is 3.04.